The Kier molecular flexibility index (Phi) is 8.85. The summed E-state index contributed by atoms with van der Waals surface area (Å²) in [6.07, 6.45) is 1.86. The van der Waals surface area contributed by atoms with E-state index in [1.807, 2.05) is 0 Å². The minimum absolute atomic E-state index is 0. The Morgan fingerprint density at radius 1 is 1.12 bits per heavy atom. The van der Waals surface area contributed by atoms with Gasteiger partial charge in [-0.15, -0.1) is 17.0 Å². The number of nitriles is 1. The van der Waals surface area contributed by atoms with E-state index in [9.17, 15) is 27.5 Å². The normalized spacial score (nSPS) is 10.7. The number of alkyl halides is 2. The molecule has 0 aromatic carbocycles. The number of nitrogens with one attached hydrogen (secondary N) is 2. The average Bonchev–Trinajstić information content (AvgIpc) is 2.80. The molecule has 0 saturated heterocycles. The fourth-order valence-electron chi connectivity index (χ4n) is 2.76. The molecule has 0 aliphatic heterocycles. The zero-order valence-corrected chi connectivity index (χ0v) is 18.9. The van der Waals surface area contributed by atoms with Gasteiger partial charge in [0.15, 0.2) is 17.4 Å². The van der Waals surface area contributed by atoms with E-state index in [-0.39, 0.29) is 29.2 Å². The molecule has 0 fully saturated rings. The van der Waals surface area contributed by atoms with E-state index >= 15 is 0 Å². The molecule has 3 aromatic rings. The highest BCUT2D eigenvalue weighted by Gasteiger charge is 2.34. The molecule has 3 N–H and O–H groups in total. The molecule has 0 aliphatic carbocycles. The van der Waals surface area contributed by atoms with Gasteiger partial charge < -0.3 is 15.7 Å². The van der Waals surface area contributed by atoms with Crippen molar-refractivity contribution < 1.29 is 27.5 Å². The number of carbonyl (C=O) groups excluding carboxylic acids is 1. The van der Waals surface area contributed by atoms with Crippen LogP contribution in [0, 0.1) is 23.0 Å². The third-order valence-corrected chi connectivity index (χ3v) is 4.43. The number of halogens is 5. The van der Waals surface area contributed by atoms with Crippen LogP contribution in [0.25, 0.3) is 0 Å². The largest absolute Gasteiger partial charge is 0.505 e. The number of anilines is 1. The van der Waals surface area contributed by atoms with Gasteiger partial charge in [-0.25, -0.2) is 13.8 Å². The molecule has 178 valence electrons. The summed E-state index contributed by atoms with van der Waals surface area (Å²) >= 11 is 0. The zero-order valence-electron chi connectivity index (χ0n) is 17.2. The van der Waals surface area contributed by atoms with Gasteiger partial charge in [0.05, 0.1) is 30.9 Å². The maximum atomic E-state index is 14.5. The van der Waals surface area contributed by atoms with Gasteiger partial charge in [0.25, 0.3) is 0 Å². The molecule has 1 amide bonds. The second kappa shape index (κ2) is 11.4. The molecule has 3 aromatic heterocycles. The van der Waals surface area contributed by atoms with E-state index in [0.29, 0.717) is 0 Å². The number of hydrogen-bond donors (Lipinski definition) is 3. The van der Waals surface area contributed by atoms with Crippen molar-refractivity contribution in [1.82, 2.24) is 20.3 Å². The molecule has 0 bridgehead atoms. The Hall–Kier alpha value is -3.79. The molecule has 0 aliphatic rings. The Labute approximate surface area is 201 Å². The lowest BCUT2D eigenvalue weighted by atomic mass is 10.1. The number of rotatable bonds is 8. The Morgan fingerprint density at radius 3 is 2.50 bits per heavy atom. The van der Waals surface area contributed by atoms with Gasteiger partial charge in [-0.05, 0) is 24.3 Å². The second-order valence-electron chi connectivity index (χ2n) is 6.71. The van der Waals surface area contributed by atoms with Crippen molar-refractivity contribution in [2.24, 2.45) is 0 Å². The number of amides is 1. The maximum absolute atomic E-state index is 14.5. The van der Waals surface area contributed by atoms with Crippen molar-refractivity contribution >= 4 is 28.7 Å². The van der Waals surface area contributed by atoms with E-state index in [2.05, 4.69) is 25.6 Å². The standard InChI is InChI=1S/C21H16F4N6O2.BrH/c22-13-4-3-7-27-15(13)10-29-17(32)8-14-19(33)12(9-26)18(23)20(31-14)30-11-21(24,25)16-5-1-2-6-28-16;/h1-7,33H,8,10-11H2,(H,29,32)(H,30,31);1H. The minimum Gasteiger partial charge on any atom is -0.505 e. The first-order valence-electron chi connectivity index (χ1n) is 9.43. The van der Waals surface area contributed by atoms with Crippen LogP contribution in [0.1, 0.15) is 22.6 Å². The highest BCUT2D eigenvalue weighted by molar-refractivity contribution is 8.93. The molecule has 34 heavy (non-hydrogen) atoms. The third-order valence-electron chi connectivity index (χ3n) is 4.43. The van der Waals surface area contributed by atoms with Gasteiger partial charge in [-0.1, -0.05) is 6.07 Å². The number of aromatic nitrogens is 3. The van der Waals surface area contributed by atoms with Crippen LogP contribution in [-0.2, 0) is 23.7 Å². The Morgan fingerprint density at radius 2 is 1.85 bits per heavy atom. The number of hydrogen-bond acceptors (Lipinski definition) is 7. The number of nitrogens with zero attached hydrogens (tertiary/aromatic N) is 4. The summed E-state index contributed by atoms with van der Waals surface area (Å²) in [5.74, 6) is -7.93. The summed E-state index contributed by atoms with van der Waals surface area (Å²) in [5.41, 5.74) is -1.92. The van der Waals surface area contributed by atoms with Crippen LogP contribution < -0.4 is 10.6 Å². The summed E-state index contributed by atoms with van der Waals surface area (Å²) in [6.45, 7) is -1.39. The van der Waals surface area contributed by atoms with Crippen molar-refractivity contribution in [3.63, 3.8) is 0 Å². The molecule has 0 atom stereocenters. The van der Waals surface area contributed by atoms with Crippen LogP contribution in [0.3, 0.4) is 0 Å². The van der Waals surface area contributed by atoms with Gasteiger partial charge in [0.2, 0.25) is 5.91 Å². The average molecular weight is 541 g/mol. The van der Waals surface area contributed by atoms with Crippen molar-refractivity contribution in [2.75, 3.05) is 11.9 Å². The van der Waals surface area contributed by atoms with Crippen molar-refractivity contribution in [3.8, 4) is 11.8 Å². The lowest BCUT2D eigenvalue weighted by molar-refractivity contribution is -0.120. The fraction of sp³-hybridized carbons (Fsp3) is 0.190. The fourth-order valence-corrected chi connectivity index (χ4v) is 2.76. The lowest BCUT2D eigenvalue weighted by Crippen LogP contribution is -2.28. The monoisotopic (exact) mass is 540 g/mol. The zero-order chi connectivity index (χ0) is 24.0. The summed E-state index contributed by atoms with van der Waals surface area (Å²) < 4.78 is 56.8. The molecule has 0 radical (unpaired) electrons. The van der Waals surface area contributed by atoms with Crippen molar-refractivity contribution in [1.29, 1.82) is 5.26 Å². The highest BCUT2D eigenvalue weighted by atomic mass is 79.9. The van der Waals surface area contributed by atoms with Crippen LogP contribution in [0.4, 0.5) is 23.4 Å². The number of pyridine rings is 3. The van der Waals surface area contributed by atoms with Crippen LogP contribution >= 0.6 is 17.0 Å². The second-order valence-corrected chi connectivity index (χ2v) is 6.71. The highest BCUT2D eigenvalue weighted by Crippen LogP contribution is 2.30. The molecule has 3 heterocycles. The van der Waals surface area contributed by atoms with E-state index in [0.717, 1.165) is 12.1 Å². The third kappa shape index (κ3) is 6.16. The molecule has 0 unspecified atom stereocenters. The molecular formula is C21H17BrF4N6O2. The Balaban J connectivity index is 0.00000408. The summed E-state index contributed by atoms with van der Waals surface area (Å²) in [5, 5.41) is 23.7. The first-order chi connectivity index (χ1) is 15.7. The van der Waals surface area contributed by atoms with Crippen molar-refractivity contribution in [2.45, 2.75) is 18.9 Å². The molecule has 0 saturated carbocycles. The summed E-state index contributed by atoms with van der Waals surface area (Å²) in [4.78, 5) is 23.2. The van der Waals surface area contributed by atoms with Gasteiger partial charge in [0, 0.05) is 12.4 Å². The first kappa shape index (κ1) is 26.5. The summed E-state index contributed by atoms with van der Waals surface area (Å²) in [6, 6.07) is 7.84. The summed E-state index contributed by atoms with van der Waals surface area (Å²) in [7, 11) is 0. The van der Waals surface area contributed by atoms with Gasteiger partial charge >= 0.3 is 5.92 Å². The van der Waals surface area contributed by atoms with Crippen LogP contribution in [0.15, 0.2) is 42.7 Å². The molecule has 13 heteroatoms. The molecule has 0 spiro atoms. The number of aromatic hydroxyl groups is 1. The van der Waals surface area contributed by atoms with Gasteiger partial charge in [-0.3, -0.25) is 14.8 Å². The van der Waals surface area contributed by atoms with Gasteiger partial charge in [0.1, 0.15) is 23.1 Å². The van der Waals surface area contributed by atoms with Crippen molar-refractivity contribution in [3.05, 3.63) is 77.0 Å². The van der Waals surface area contributed by atoms with Crippen LogP contribution in [0.2, 0.25) is 0 Å². The van der Waals surface area contributed by atoms with E-state index in [1.165, 1.54) is 36.7 Å². The van der Waals surface area contributed by atoms with Crippen LogP contribution in [0.5, 0.6) is 5.75 Å². The predicted octanol–water partition coefficient (Wildman–Crippen LogP) is 3.37. The lowest BCUT2D eigenvalue weighted by Gasteiger charge is -2.18. The topological polar surface area (TPSA) is 124 Å². The predicted molar refractivity (Wildman–Crippen MR) is 117 cm³/mol. The molecular weight excluding hydrogens is 524 g/mol. The van der Waals surface area contributed by atoms with E-state index in [4.69, 9.17) is 5.26 Å². The van der Waals surface area contributed by atoms with E-state index in [1.54, 1.807) is 0 Å². The molecule has 3 rings (SSSR count). The SMILES string of the molecule is Br.N#Cc1c(O)c(CC(=O)NCc2ncccc2F)nc(NCC(F)(F)c2ccccn2)c1F. The quantitative estimate of drug-likeness (QED) is 0.374. The number of carbonyl (C=O) groups is 1. The van der Waals surface area contributed by atoms with Gasteiger partial charge in [-0.2, -0.15) is 14.0 Å². The maximum Gasteiger partial charge on any atom is 0.306 e. The minimum atomic E-state index is -3.51. The van der Waals surface area contributed by atoms with Crippen LogP contribution in [-0.4, -0.2) is 32.5 Å². The first-order valence-corrected chi connectivity index (χ1v) is 9.43. The Bertz CT molecular complexity index is 1210. The molecule has 8 nitrogen and oxygen atoms in total. The van der Waals surface area contributed by atoms with E-state index < -0.39 is 64.9 Å². The smallest absolute Gasteiger partial charge is 0.306 e.